The summed E-state index contributed by atoms with van der Waals surface area (Å²) in [7, 11) is 0. The number of carbonyl (C=O) groups is 1. The lowest BCUT2D eigenvalue weighted by atomic mass is 10.1. The van der Waals surface area contributed by atoms with Gasteiger partial charge in [-0.05, 0) is 31.3 Å². The van der Waals surface area contributed by atoms with Gasteiger partial charge < -0.3 is 0 Å². The maximum atomic E-state index is 10.7. The Morgan fingerprint density at radius 3 is 3.06 bits per heavy atom. The zero-order chi connectivity index (χ0) is 13.2. The summed E-state index contributed by atoms with van der Waals surface area (Å²) in [6.45, 7) is 0. The van der Waals surface area contributed by atoms with Crippen LogP contribution in [0.2, 0.25) is 0 Å². The van der Waals surface area contributed by atoms with Gasteiger partial charge in [0, 0.05) is 11.8 Å². The van der Waals surface area contributed by atoms with Gasteiger partial charge in [-0.3, -0.25) is 10.0 Å². The molecule has 18 heavy (non-hydrogen) atoms. The number of amides is 1. The van der Waals surface area contributed by atoms with E-state index >= 15 is 0 Å². The first-order chi connectivity index (χ1) is 8.76. The molecule has 1 amide bonds. The first-order valence-corrected chi connectivity index (χ1v) is 6.66. The number of nitrogens with zero attached hydrogens (tertiary/aromatic N) is 1. The summed E-state index contributed by atoms with van der Waals surface area (Å²) in [5.74, 6) is 2.17. The van der Waals surface area contributed by atoms with E-state index in [0.29, 0.717) is 11.4 Å². The van der Waals surface area contributed by atoms with E-state index in [1.54, 1.807) is 5.48 Å². The Balaban J connectivity index is 2.11. The fourth-order valence-electron chi connectivity index (χ4n) is 1.41. The Morgan fingerprint density at radius 2 is 2.39 bits per heavy atom. The molecule has 1 aromatic rings. The van der Waals surface area contributed by atoms with Gasteiger partial charge >= 0.3 is 0 Å². The molecule has 1 rings (SSSR count). The van der Waals surface area contributed by atoms with Crippen molar-refractivity contribution < 1.29 is 10.0 Å². The van der Waals surface area contributed by atoms with Gasteiger partial charge in [0.25, 0.3) is 0 Å². The fourth-order valence-corrected chi connectivity index (χ4v) is 2.00. The summed E-state index contributed by atoms with van der Waals surface area (Å²) in [5.41, 5.74) is 2.52. The van der Waals surface area contributed by atoms with Gasteiger partial charge in [0.2, 0.25) is 5.91 Å². The normalized spacial score (nSPS) is 10.4. The lowest BCUT2D eigenvalue weighted by Gasteiger charge is -1.97. The number of unbranched alkanes of at least 4 members (excludes halogenated alkanes) is 3. The Bertz CT molecular complexity index is 446. The number of carbonyl (C=O) groups excluding carboxylic acids is 1. The third-order valence-corrected chi connectivity index (χ3v) is 3.13. The average molecular weight is 264 g/mol. The molecule has 0 aliphatic carbocycles. The molecule has 0 aromatic carbocycles. The lowest BCUT2D eigenvalue weighted by Crippen LogP contribution is -2.17. The molecule has 0 bridgehead atoms. The van der Waals surface area contributed by atoms with Crippen molar-refractivity contribution in [1.82, 2.24) is 10.5 Å². The predicted molar refractivity (Wildman–Crippen MR) is 72.1 cm³/mol. The maximum absolute atomic E-state index is 10.7. The highest BCUT2D eigenvalue weighted by Crippen LogP contribution is 2.11. The topological polar surface area (TPSA) is 62.2 Å². The van der Waals surface area contributed by atoms with Gasteiger partial charge in [-0.15, -0.1) is 17.8 Å². The number of allylic oxidation sites excluding steroid dienone is 1. The molecule has 0 aliphatic rings. The van der Waals surface area contributed by atoms with Crippen molar-refractivity contribution in [2.75, 3.05) is 0 Å². The SMILES string of the molecule is C#Cc1nc(/C=C\CCCCCC(=O)NO)cs1. The van der Waals surface area contributed by atoms with Crippen molar-refractivity contribution >= 4 is 23.3 Å². The molecule has 4 nitrogen and oxygen atoms in total. The van der Waals surface area contributed by atoms with E-state index in [9.17, 15) is 4.79 Å². The molecule has 1 aromatic heterocycles. The van der Waals surface area contributed by atoms with Crippen LogP contribution in [-0.4, -0.2) is 16.1 Å². The number of hydrogen-bond donors (Lipinski definition) is 2. The van der Waals surface area contributed by atoms with Gasteiger partial charge in [-0.25, -0.2) is 10.5 Å². The van der Waals surface area contributed by atoms with Gasteiger partial charge in [-0.2, -0.15) is 0 Å². The molecule has 0 saturated heterocycles. The van der Waals surface area contributed by atoms with E-state index in [1.807, 2.05) is 11.5 Å². The van der Waals surface area contributed by atoms with Crippen LogP contribution in [0.5, 0.6) is 0 Å². The number of nitrogens with one attached hydrogen (secondary N) is 1. The highest BCUT2D eigenvalue weighted by Gasteiger charge is 1.97. The Morgan fingerprint density at radius 1 is 1.56 bits per heavy atom. The summed E-state index contributed by atoms with van der Waals surface area (Å²) < 4.78 is 0. The summed E-state index contributed by atoms with van der Waals surface area (Å²) in [6.07, 6.45) is 13.3. The predicted octanol–water partition coefficient (Wildman–Crippen LogP) is 2.59. The molecule has 5 heteroatoms. The number of rotatable bonds is 7. The zero-order valence-corrected chi connectivity index (χ0v) is 10.9. The van der Waals surface area contributed by atoms with Crippen molar-refractivity contribution in [1.29, 1.82) is 0 Å². The van der Waals surface area contributed by atoms with E-state index in [2.05, 4.69) is 17.0 Å². The van der Waals surface area contributed by atoms with Crippen LogP contribution in [0, 0.1) is 12.3 Å². The van der Waals surface area contributed by atoms with Crippen molar-refractivity contribution in [2.24, 2.45) is 0 Å². The first kappa shape index (κ1) is 14.4. The van der Waals surface area contributed by atoms with Crippen molar-refractivity contribution in [3.8, 4) is 12.3 Å². The van der Waals surface area contributed by atoms with E-state index in [1.165, 1.54) is 11.3 Å². The number of aromatic nitrogens is 1. The van der Waals surface area contributed by atoms with E-state index in [-0.39, 0.29) is 5.91 Å². The third-order valence-electron chi connectivity index (χ3n) is 2.33. The first-order valence-electron chi connectivity index (χ1n) is 5.78. The van der Waals surface area contributed by atoms with Crippen LogP contribution in [0.15, 0.2) is 11.5 Å². The zero-order valence-electron chi connectivity index (χ0n) is 10.1. The summed E-state index contributed by atoms with van der Waals surface area (Å²) >= 11 is 1.46. The number of hydrogen-bond acceptors (Lipinski definition) is 4. The van der Waals surface area contributed by atoms with E-state index < -0.39 is 0 Å². The smallest absolute Gasteiger partial charge is 0.243 e. The second kappa shape index (κ2) is 8.45. The molecule has 2 N–H and O–H groups in total. The molecular formula is C13H16N2O2S. The van der Waals surface area contributed by atoms with Gasteiger partial charge in [0.15, 0.2) is 5.01 Å². The Kier molecular flexibility index (Phi) is 6.77. The second-order valence-corrected chi connectivity index (χ2v) is 4.62. The average Bonchev–Trinajstić information content (AvgIpc) is 2.85. The minimum atomic E-state index is -0.324. The number of hydroxylamine groups is 1. The van der Waals surface area contributed by atoms with E-state index in [4.69, 9.17) is 11.6 Å². The lowest BCUT2D eigenvalue weighted by molar-refractivity contribution is -0.129. The van der Waals surface area contributed by atoms with Crippen LogP contribution in [0.4, 0.5) is 0 Å². The molecule has 0 unspecified atom stereocenters. The van der Waals surface area contributed by atoms with Gasteiger partial charge in [0.1, 0.15) is 0 Å². The minimum absolute atomic E-state index is 0.324. The summed E-state index contributed by atoms with van der Waals surface area (Å²) in [5, 5.41) is 10.9. The van der Waals surface area contributed by atoms with Crippen LogP contribution in [-0.2, 0) is 4.79 Å². The standard InChI is InChI=1S/C13H16N2O2S/c1-2-13-14-11(10-18-13)8-6-4-3-5-7-9-12(16)15-17/h1,6,8,10,17H,3-5,7,9H2,(H,15,16)/b8-6-. The van der Waals surface area contributed by atoms with Gasteiger partial charge in [0.05, 0.1) is 5.69 Å². The van der Waals surface area contributed by atoms with E-state index in [0.717, 1.165) is 31.4 Å². The minimum Gasteiger partial charge on any atom is -0.289 e. The molecule has 0 aliphatic heterocycles. The fraction of sp³-hybridized carbons (Fsp3) is 0.385. The molecule has 1 heterocycles. The largest absolute Gasteiger partial charge is 0.289 e. The highest BCUT2D eigenvalue weighted by molar-refractivity contribution is 7.10. The molecule has 0 saturated carbocycles. The molecule has 0 fully saturated rings. The number of thiazole rings is 1. The molecular weight excluding hydrogens is 248 g/mol. The van der Waals surface area contributed by atoms with Crippen LogP contribution in [0.1, 0.15) is 42.8 Å². The molecule has 0 radical (unpaired) electrons. The molecule has 96 valence electrons. The van der Waals surface area contributed by atoms with Gasteiger partial charge in [-0.1, -0.05) is 12.5 Å². The highest BCUT2D eigenvalue weighted by atomic mass is 32.1. The Labute approximate surface area is 111 Å². The summed E-state index contributed by atoms with van der Waals surface area (Å²) in [6, 6.07) is 0. The third kappa shape index (κ3) is 5.62. The van der Waals surface area contributed by atoms with Crippen LogP contribution in [0.3, 0.4) is 0 Å². The van der Waals surface area contributed by atoms with Crippen molar-refractivity contribution in [3.63, 3.8) is 0 Å². The van der Waals surface area contributed by atoms with Crippen LogP contribution >= 0.6 is 11.3 Å². The second-order valence-electron chi connectivity index (χ2n) is 3.76. The molecule has 0 spiro atoms. The van der Waals surface area contributed by atoms with Crippen molar-refractivity contribution in [3.05, 3.63) is 22.2 Å². The quantitative estimate of drug-likeness (QED) is 0.344. The number of terminal acetylenes is 1. The van der Waals surface area contributed by atoms with Crippen molar-refractivity contribution in [2.45, 2.75) is 32.1 Å². The van der Waals surface area contributed by atoms with Crippen LogP contribution in [0.25, 0.3) is 6.08 Å². The maximum Gasteiger partial charge on any atom is 0.243 e. The summed E-state index contributed by atoms with van der Waals surface area (Å²) in [4.78, 5) is 14.9. The Hall–Kier alpha value is -1.64. The monoisotopic (exact) mass is 264 g/mol. The van der Waals surface area contributed by atoms with Crippen LogP contribution < -0.4 is 5.48 Å². The molecule has 0 atom stereocenters.